The summed E-state index contributed by atoms with van der Waals surface area (Å²) in [6.07, 6.45) is 1.34. The predicted molar refractivity (Wildman–Crippen MR) is 88.2 cm³/mol. The van der Waals surface area contributed by atoms with Crippen LogP contribution in [-0.2, 0) is 6.54 Å². The SMILES string of the molecule is Cc1ccc2[nH]c(=O)c(/C=[N+](\[O-])Cc3ccccc3)cc2c1. The molecule has 4 nitrogen and oxygen atoms in total. The van der Waals surface area contributed by atoms with E-state index in [0.717, 1.165) is 26.8 Å². The predicted octanol–water partition coefficient (Wildman–Crippen LogP) is 2.97. The number of aryl methyl sites for hydroxylation is 1. The molecular formula is C18H16N2O2. The van der Waals surface area contributed by atoms with Crippen LogP contribution in [0.15, 0.2) is 59.4 Å². The first-order valence-electron chi connectivity index (χ1n) is 7.08. The Morgan fingerprint density at radius 2 is 1.91 bits per heavy atom. The van der Waals surface area contributed by atoms with Crippen molar-refractivity contribution in [1.82, 2.24) is 4.98 Å². The Morgan fingerprint density at radius 3 is 2.68 bits per heavy atom. The number of nitrogens with zero attached hydrogens (tertiary/aromatic N) is 1. The average Bonchev–Trinajstić information content (AvgIpc) is 2.49. The van der Waals surface area contributed by atoms with Crippen LogP contribution in [0.1, 0.15) is 16.7 Å². The molecule has 0 unspecified atom stereocenters. The molecule has 1 heterocycles. The monoisotopic (exact) mass is 292 g/mol. The minimum Gasteiger partial charge on any atom is -0.624 e. The molecule has 0 amide bonds. The molecule has 0 aliphatic carbocycles. The molecule has 0 radical (unpaired) electrons. The van der Waals surface area contributed by atoms with E-state index in [0.29, 0.717) is 5.56 Å². The maximum Gasteiger partial charge on any atom is 0.261 e. The van der Waals surface area contributed by atoms with Gasteiger partial charge in [-0.3, -0.25) is 4.79 Å². The lowest BCUT2D eigenvalue weighted by atomic mass is 10.1. The van der Waals surface area contributed by atoms with Gasteiger partial charge in [-0.15, -0.1) is 0 Å². The summed E-state index contributed by atoms with van der Waals surface area (Å²) in [5, 5.41) is 13.0. The van der Waals surface area contributed by atoms with Crippen LogP contribution in [0.2, 0.25) is 0 Å². The highest BCUT2D eigenvalue weighted by Crippen LogP contribution is 2.12. The van der Waals surface area contributed by atoms with E-state index in [-0.39, 0.29) is 12.1 Å². The third-order valence-corrected chi connectivity index (χ3v) is 3.49. The third-order valence-electron chi connectivity index (χ3n) is 3.49. The molecule has 0 atom stereocenters. The molecule has 0 bridgehead atoms. The first-order valence-corrected chi connectivity index (χ1v) is 7.08. The number of rotatable bonds is 3. The van der Waals surface area contributed by atoms with Crippen molar-refractivity contribution in [3.63, 3.8) is 0 Å². The van der Waals surface area contributed by atoms with E-state index in [1.165, 1.54) is 6.21 Å². The highest BCUT2D eigenvalue weighted by atomic mass is 16.5. The van der Waals surface area contributed by atoms with Crippen molar-refractivity contribution in [2.24, 2.45) is 0 Å². The minimum atomic E-state index is -0.259. The van der Waals surface area contributed by atoms with Crippen LogP contribution in [-0.4, -0.2) is 15.9 Å². The van der Waals surface area contributed by atoms with Crippen LogP contribution in [0.5, 0.6) is 0 Å². The highest BCUT2D eigenvalue weighted by molar-refractivity contribution is 5.86. The van der Waals surface area contributed by atoms with Gasteiger partial charge in [-0.05, 0) is 30.5 Å². The van der Waals surface area contributed by atoms with Gasteiger partial charge in [0.15, 0.2) is 12.8 Å². The van der Waals surface area contributed by atoms with Gasteiger partial charge in [0.05, 0.1) is 0 Å². The van der Waals surface area contributed by atoms with Crippen molar-refractivity contribution in [1.29, 1.82) is 0 Å². The lowest BCUT2D eigenvalue weighted by Crippen LogP contribution is -2.16. The van der Waals surface area contributed by atoms with Gasteiger partial charge in [-0.1, -0.05) is 42.0 Å². The number of hydrogen-bond acceptors (Lipinski definition) is 2. The van der Waals surface area contributed by atoms with Gasteiger partial charge >= 0.3 is 0 Å². The summed E-state index contributed by atoms with van der Waals surface area (Å²) in [6.45, 7) is 2.20. The fourth-order valence-electron chi connectivity index (χ4n) is 2.40. The van der Waals surface area contributed by atoms with Gasteiger partial charge < -0.3 is 10.2 Å². The zero-order chi connectivity index (χ0) is 15.5. The fraction of sp³-hybridized carbons (Fsp3) is 0.111. The van der Waals surface area contributed by atoms with Crippen LogP contribution in [0, 0.1) is 12.1 Å². The maximum absolute atomic E-state index is 12.1. The summed E-state index contributed by atoms with van der Waals surface area (Å²) in [4.78, 5) is 14.9. The highest BCUT2D eigenvalue weighted by Gasteiger charge is 2.05. The number of pyridine rings is 1. The number of hydrogen-bond donors (Lipinski definition) is 1. The maximum atomic E-state index is 12.1. The van der Waals surface area contributed by atoms with E-state index in [4.69, 9.17) is 0 Å². The molecule has 3 rings (SSSR count). The van der Waals surface area contributed by atoms with Gasteiger partial charge in [0.25, 0.3) is 5.56 Å². The first kappa shape index (κ1) is 14.1. The summed E-state index contributed by atoms with van der Waals surface area (Å²) in [5.74, 6) is 0. The Bertz CT molecular complexity index is 896. The second-order valence-corrected chi connectivity index (χ2v) is 5.33. The van der Waals surface area contributed by atoms with Gasteiger partial charge in [0, 0.05) is 11.1 Å². The molecule has 0 spiro atoms. The number of aromatic amines is 1. The second kappa shape index (κ2) is 5.85. The van der Waals surface area contributed by atoms with E-state index >= 15 is 0 Å². The van der Waals surface area contributed by atoms with E-state index in [2.05, 4.69) is 4.98 Å². The molecule has 2 aromatic carbocycles. The summed E-state index contributed by atoms with van der Waals surface area (Å²) in [5.41, 5.74) is 2.89. The van der Waals surface area contributed by atoms with Crippen LogP contribution >= 0.6 is 0 Å². The molecule has 4 heteroatoms. The number of fused-ring (bicyclic) bond motifs is 1. The number of benzene rings is 2. The smallest absolute Gasteiger partial charge is 0.261 e. The van der Waals surface area contributed by atoms with Gasteiger partial charge in [0.2, 0.25) is 0 Å². The van der Waals surface area contributed by atoms with Gasteiger partial charge in [0.1, 0.15) is 5.56 Å². The normalized spacial score (nSPS) is 11.8. The number of aromatic nitrogens is 1. The molecule has 22 heavy (non-hydrogen) atoms. The average molecular weight is 292 g/mol. The zero-order valence-electron chi connectivity index (χ0n) is 12.2. The molecule has 0 aliphatic rings. The molecule has 1 aromatic heterocycles. The van der Waals surface area contributed by atoms with Crippen LogP contribution in [0.25, 0.3) is 10.9 Å². The van der Waals surface area contributed by atoms with E-state index in [1.807, 2.05) is 55.5 Å². The van der Waals surface area contributed by atoms with Gasteiger partial charge in [-0.25, -0.2) is 4.74 Å². The summed E-state index contributed by atoms with van der Waals surface area (Å²) in [7, 11) is 0. The molecule has 0 fully saturated rings. The lowest BCUT2D eigenvalue weighted by Gasteiger charge is -2.05. The first-order chi connectivity index (χ1) is 10.6. The second-order valence-electron chi connectivity index (χ2n) is 5.33. The Kier molecular flexibility index (Phi) is 3.74. The van der Waals surface area contributed by atoms with Crippen molar-refractivity contribution >= 4 is 17.1 Å². The van der Waals surface area contributed by atoms with Crippen LogP contribution < -0.4 is 5.56 Å². The molecule has 0 aliphatic heterocycles. The number of nitrogens with one attached hydrogen (secondary N) is 1. The Balaban J connectivity index is 1.97. The molecule has 110 valence electrons. The van der Waals surface area contributed by atoms with E-state index in [1.54, 1.807) is 6.07 Å². The molecule has 0 saturated heterocycles. The molecule has 1 N–H and O–H groups in total. The quantitative estimate of drug-likeness (QED) is 0.349. The van der Waals surface area contributed by atoms with Crippen molar-refractivity contribution in [3.8, 4) is 0 Å². The molecule has 0 saturated carbocycles. The third kappa shape index (κ3) is 3.06. The van der Waals surface area contributed by atoms with E-state index in [9.17, 15) is 10.0 Å². The Morgan fingerprint density at radius 1 is 1.14 bits per heavy atom. The largest absolute Gasteiger partial charge is 0.624 e. The standard InChI is InChI=1S/C18H16N2O2/c1-13-7-8-17-15(9-13)10-16(18(21)19-17)12-20(22)11-14-5-3-2-4-6-14/h2-10,12H,11H2,1H3,(H,19,21)/b20-12-. The van der Waals surface area contributed by atoms with Crippen molar-refractivity contribution < 1.29 is 4.74 Å². The van der Waals surface area contributed by atoms with Crippen molar-refractivity contribution in [2.45, 2.75) is 13.5 Å². The zero-order valence-corrected chi connectivity index (χ0v) is 12.2. The van der Waals surface area contributed by atoms with Crippen LogP contribution in [0.3, 0.4) is 0 Å². The number of H-pyrrole nitrogens is 1. The summed E-state index contributed by atoms with van der Waals surface area (Å²) in [6, 6.07) is 17.0. The topological polar surface area (TPSA) is 58.9 Å². The lowest BCUT2D eigenvalue weighted by molar-refractivity contribution is -0.469. The summed E-state index contributed by atoms with van der Waals surface area (Å²) < 4.78 is 0.779. The number of hydroxylamine groups is 1. The minimum absolute atomic E-state index is 0.214. The van der Waals surface area contributed by atoms with Gasteiger partial charge in [-0.2, -0.15) is 0 Å². The molecular weight excluding hydrogens is 276 g/mol. The van der Waals surface area contributed by atoms with Crippen LogP contribution in [0.4, 0.5) is 0 Å². The fourth-order valence-corrected chi connectivity index (χ4v) is 2.40. The summed E-state index contributed by atoms with van der Waals surface area (Å²) >= 11 is 0. The molecule has 3 aromatic rings. The van der Waals surface area contributed by atoms with Crippen molar-refractivity contribution in [2.75, 3.05) is 0 Å². The van der Waals surface area contributed by atoms with E-state index < -0.39 is 0 Å². The van der Waals surface area contributed by atoms with Crippen molar-refractivity contribution in [3.05, 3.63) is 86.8 Å². The Labute approximate surface area is 127 Å². The Hall–Kier alpha value is -2.88.